The van der Waals surface area contributed by atoms with Crippen LogP contribution in [-0.4, -0.2) is 19.0 Å². The second-order valence-electron chi connectivity index (χ2n) is 5.20. The largest absolute Gasteiger partial charge is 0.355 e. The minimum Gasteiger partial charge on any atom is -0.355 e. The average molecular weight is 264 g/mol. The molecule has 0 aromatic heterocycles. The third-order valence-corrected chi connectivity index (χ3v) is 3.94. The Kier molecular flexibility index (Phi) is 4.53. The summed E-state index contributed by atoms with van der Waals surface area (Å²) in [7, 11) is 0. The molecule has 0 bridgehead atoms. The van der Waals surface area contributed by atoms with Crippen molar-refractivity contribution in [3.8, 4) is 0 Å². The van der Waals surface area contributed by atoms with Gasteiger partial charge in [-0.25, -0.2) is 4.39 Å². The standard InChI is InChI=1S/C15H21FN2O/c16-13-6-3-5-12(11-13)15(7-4-8-15)14(19)18-10-2-1-9-17/h3,5-6,11H,1-2,4,7-10,17H2,(H,18,19). The molecule has 3 N–H and O–H groups in total. The second kappa shape index (κ2) is 6.15. The number of nitrogens with one attached hydrogen (secondary N) is 1. The fourth-order valence-electron chi connectivity index (χ4n) is 2.60. The molecule has 0 unspecified atom stereocenters. The predicted octanol–water partition coefficient (Wildman–Crippen LogP) is 2.10. The van der Waals surface area contributed by atoms with Gasteiger partial charge < -0.3 is 11.1 Å². The number of rotatable bonds is 6. The molecule has 4 heteroatoms. The molecule has 1 saturated carbocycles. The van der Waals surface area contributed by atoms with Gasteiger partial charge in [-0.3, -0.25) is 4.79 Å². The van der Waals surface area contributed by atoms with Crippen LogP contribution in [0.4, 0.5) is 4.39 Å². The minimum atomic E-state index is -0.509. The molecule has 1 aliphatic carbocycles. The number of halogens is 1. The fourth-order valence-corrected chi connectivity index (χ4v) is 2.60. The highest BCUT2D eigenvalue weighted by atomic mass is 19.1. The Morgan fingerprint density at radius 3 is 2.74 bits per heavy atom. The SMILES string of the molecule is NCCCCNC(=O)C1(c2cccc(F)c2)CCC1. The third-order valence-electron chi connectivity index (χ3n) is 3.94. The number of carbonyl (C=O) groups excluding carboxylic acids is 1. The van der Waals surface area contributed by atoms with Gasteiger partial charge in [0.1, 0.15) is 5.82 Å². The number of unbranched alkanes of at least 4 members (excludes halogenated alkanes) is 1. The zero-order chi connectivity index (χ0) is 13.7. The Morgan fingerprint density at radius 1 is 1.37 bits per heavy atom. The topological polar surface area (TPSA) is 55.1 Å². The summed E-state index contributed by atoms with van der Waals surface area (Å²) in [6, 6.07) is 6.42. The van der Waals surface area contributed by atoms with Gasteiger partial charge in [-0.2, -0.15) is 0 Å². The molecule has 1 amide bonds. The van der Waals surface area contributed by atoms with Gasteiger partial charge in [0.15, 0.2) is 0 Å². The molecule has 0 heterocycles. The Bertz CT molecular complexity index is 444. The number of hydrogen-bond donors (Lipinski definition) is 2. The van der Waals surface area contributed by atoms with E-state index in [4.69, 9.17) is 5.73 Å². The zero-order valence-electron chi connectivity index (χ0n) is 11.1. The Hall–Kier alpha value is -1.42. The van der Waals surface area contributed by atoms with Crippen LogP contribution in [0.1, 0.15) is 37.7 Å². The number of carbonyl (C=O) groups is 1. The van der Waals surface area contributed by atoms with E-state index in [0.29, 0.717) is 13.1 Å². The van der Waals surface area contributed by atoms with Crippen molar-refractivity contribution < 1.29 is 9.18 Å². The van der Waals surface area contributed by atoms with Crippen molar-refractivity contribution in [3.63, 3.8) is 0 Å². The van der Waals surface area contributed by atoms with Crippen molar-refractivity contribution in [2.45, 2.75) is 37.5 Å². The van der Waals surface area contributed by atoms with Crippen LogP contribution in [0.5, 0.6) is 0 Å². The van der Waals surface area contributed by atoms with E-state index in [1.54, 1.807) is 6.07 Å². The molecule has 0 atom stereocenters. The molecule has 2 rings (SSSR count). The lowest BCUT2D eigenvalue weighted by atomic mass is 9.64. The van der Waals surface area contributed by atoms with Crippen LogP contribution < -0.4 is 11.1 Å². The van der Waals surface area contributed by atoms with E-state index >= 15 is 0 Å². The Morgan fingerprint density at radius 2 is 2.16 bits per heavy atom. The van der Waals surface area contributed by atoms with Crippen molar-refractivity contribution in [1.82, 2.24) is 5.32 Å². The number of nitrogens with two attached hydrogens (primary N) is 1. The maximum Gasteiger partial charge on any atom is 0.230 e. The summed E-state index contributed by atoms with van der Waals surface area (Å²) in [5, 5.41) is 2.96. The van der Waals surface area contributed by atoms with Crippen LogP contribution in [0.3, 0.4) is 0 Å². The van der Waals surface area contributed by atoms with E-state index < -0.39 is 5.41 Å². The Balaban J connectivity index is 2.03. The molecule has 1 aliphatic rings. The lowest BCUT2D eigenvalue weighted by Crippen LogP contribution is -2.49. The summed E-state index contributed by atoms with van der Waals surface area (Å²) in [6.45, 7) is 1.29. The van der Waals surface area contributed by atoms with Gasteiger partial charge in [-0.1, -0.05) is 18.6 Å². The van der Waals surface area contributed by atoms with E-state index in [2.05, 4.69) is 5.32 Å². The summed E-state index contributed by atoms with van der Waals surface area (Å²) >= 11 is 0. The molecule has 104 valence electrons. The van der Waals surface area contributed by atoms with Gasteiger partial charge in [0.05, 0.1) is 5.41 Å². The van der Waals surface area contributed by atoms with Crippen molar-refractivity contribution >= 4 is 5.91 Å². The molecule has 19 heavy (non-hydrogen) atoms. The summed E-state index contributed by atoms with van der Waals surface area (Å²) in [5.74, 6) is -0.249. The molecular weight excluding hydrogens is 243 g/mol. The van der Waals surface area contributed by atoms with Gasteiger partial charge in [0, 0.05) is 6.54 Å². The lowest BCUT2D eigenvalue weighted by Gasteiger charge is -2.40. The lowest BCUT2D eigenvalue weighted by molar-refractivity contribution is -0.129. The van der Waals surface area contributed by atoms with Crippen LogP contribution >= 0.6 is 0 Å². The van der Waals surface area contributed by atoms with Gasteiger partial charge >= 0.3 is 0 Å². The molecule has 0 spiro atoms. The van der Waals surface area contributed by atoms with Gasteiger partial charge in [-0.15, -0.1) is 0 Å². The Labute approximate surface area is 113 Å². The number of benzene rings is 1. The van der Waals surface area contributed by atoms with Crippen LogP contribution in [0.25, 0.3) is 0 Å². The molecule has 1 fully saturated rings. The first-order chi connectivity index (χ1) is 9.19. The first-order valence-corrected chi connectivity index (χ1v) is 6.93. The quantitative estimate of drug-likeness (QED) is 0.773. The highest BCUT2D eigenvalue weighted by Gasteiger charge is 2.45. The summed E-state index contributed by atoms with van der Waals surface area (Å²) in [6.07, 6.45) is 4.43. The molecule has 1 aromatic rings. The maximum absolute atomic E-state index is 13.3. The third kappa shape index (κ3) is 2.95. The number of amides is 1. The molecule has 1 aromatic carbocycles. The second-order valence-corrected chi connectivity index (χ2v) is 5.20. The summed E-state index contributed by atoms with van der Waals surface area (Å²) in [4.78, 5) is 12.4. The molecule has 0 saturated heterocycles. The van der Waals surface area contributed by atoms with Crippen LogP contribution in [0, 0.1) is 5.82 Å². The van der Waals surface area contributed by atoms with E-state index in [0.717, 1.165) is 37.7 Å². The fraction of sp³-hybridized carbons (Fsp3) is 0.533. The van der Waals surface area contributed by atoms with Crippen molar-refractivity contribution in [3.05, 3.63) is 35.6 Å². The van der Waals surface area contributed by atoms with Gasteiger partial charge in [0.25, 0.3) is 0 Å². The molecule has 0 aliphatic heterocycles. The average Bonchev–Trinajstić information content (AvgIpc) is 2.33. The highest BCUT2D eigenvalue weighted by molar-refractivity contribution is 5.89. The van der Waals surface area contributed by atoms with Gasteiger partial charge in [0.2, 0.25) is 5.91 Å². The van der Waals surface area contributed by atoms with E-state index in [9.17, 15) is 9.18 Å². The monoisotopic (exact) mass is 264 g/mol. The maximum atomic E-state index is 13.3. The molecule has 3 nitrogen and oxygen atoms in total. The predicted molar refractivity (Wildman–Crippen MR) is 73.2 cm³/mol. The first-order valence-electron chi connectivity index (χ1n) is 6.93. The zero-order valence-corrected chi connectivity index (χ0v) is 11.1. The van der Waals surface area contributed by atoms with E-state index in [1.807, 2.05) is 6.07 Å². The normalized spacial score (nSPS) is 16.7. The van der Waals surface area contributed by atoms with Crippen LogP contribution in [-0.2, 0) is 10.2 Å². The minimum absolute atomic E-state index is 0.0290. The molecular formula is C15H21FN2O. The summed E-state index contributed by atoms with van der Waals surface area (Å²) < 4.78 is 13.3. The van der Waals surface area contributed by atoms with Gasteiger partial charge in [-0.05, 0) is 49.9 Å². The first kappa shape index (κ1) is 14.0. The molecule has 0 radical (unpaired) electrons. The number of hydrogen-bond acceptors (Lipinski definition) is 2. The van der Waals surface area contributed by atoms with E-state index in [1.165, 1.54) is 12.1 Å². The van der Waals surface area contributed by atoms with E-state index in [-0.39, 0.29) is 11.7 Å². The van der Waals surface area contributed by atoms with Crippen molar-refractivity contribution in [1.29, 1.82) is 0 Å². The smallest absolute Gasteiger partial charge is 0.230 e. The summed E-state index contributed by atoms with van der Waals surface area (Å²) in [5.41, 5.74) is 5.71. The van der Waals surface area contributed by atoms with Crippen LogP contribution in [0.2, 0.25) is 0 Å². The van der Waals surface area contributed by atoms with Crippen LogP contribution in [0.15, 0.2) is 24.3 Å². The highest BCUT2D eigenvalue weighted by Crippen LogP contribution is 2.44. The van der Waals surface area contributed by atoms with Crippen molar-refractivity contribution in [2.24, 2.45) is 5.73 Å². The van der Waals surface area contributed by atoms with Crippen molar-refractivity contribution in [2.75, 3.05) is 13.1 Å².